The average Bonchev–Trinajstić information content (AvgIpc) is 3.55. The van der Waals surface area contributed by atoms with Gasteiger partial charge in [-0.05, 0) is 31.5 Å². The summed E-state index contributed by atoms with van der Waals surface area (Å²) in [6, 6.07) is 14.5. The zero-order valence-corrected chi connectivity index (χ0v) is 22.6. The second-order valence-corrected chi connectivity index (χ2v) is 10.1. The van der Waals surface area contributed by atoms with Crippen LogP contribution >= 0.6 is 0 Å². The third-order valence-corrected chi connectivity index (χ3v) is 7.16. The number of rotatable bonds is 8. The summed E-state index contributed by atoms with van der Waals surface area (Å²) >= 11 is 0. The lowest BCUT2D eigenvalue weighted by atomic mass is 10.0. The van der Waals surface area contributed by atoms with Gasteiger partial charge in [0.25, 0.3) is 11.8 Å². The van der Waals surface area contributed by atoms with E-state index in [-0.39, 0.29) is 18.4 Å². The molecule has 4 aromatic heterocycles. The normalized spacial score (nSPS) is 14.5. The van der Waals surface area contributed by atoms with Crippen LogP contribution in [0.4, 0.5) is 17.5 Å². The Labute approximate surface area is 235 Å². The molecule has 12 heteroatoms. The second kappa shape index (κ2) is 10.4. The standard InChI is InChI=1S/C29H27N9O3/c1-29(2)24-20(27(40)38(29)3)15-32-28(35-24)34-23-12-21(33-22(16-39)17-8-5-4-6-9-17)19(14-31-23)26-37-36-25(41-26)18-10-7-11-30-13-18/h4-15,22,39H,16H2,1-3H3,(H2,31,32,33,34,35)/t22-/m1/s1. The van der Waals surface area contributed by atoms with Crippen LogP contribution in [0, 0.1) is 0 Å². The first-order valence-corrected chi connectivity index (χ1v) is 12.9. The van der Waals surface area contributed by atoms with E-state index in [1.165, 1.54) is 6.20 Å². The van der Waals surface area contributed by atoms with Crippen LogP contribution < -0.4 is 10.6 Å². The van der Waals surface area contributed by atoms with Crippen LogP contribution in [0.2, 0.25) is 0 Å². The number of pyridine rings is 2. The average molecular weight is 550 g/mol. The van der Waals surface area contributed by atoms with Crippen molar-refractivity contribution >= 4 is 23.4 Å². The van der Waals surface area contributed by atoms with Gasteiger partial charge in [-0.1, -0.05) is 30.3 Å². The number of aliphatic hydroxyl groups is 1. The van der Waals surface area contributed by atoms with Crippen molar-refractivity contribution in [1.29, 1.82) is 0 Å². The van der Waals surface area contributed by atoms with Crippen molar-refractivity contribution in [2.75, 3.05) is 24.3 Å². The Morgan fingerprint density at radius 1 is 1.00 bits per heavy atom. The highest BCUT2D eigenvalue weighted by atomic mass is 16.4. The van der Waals surface area contributed by atoms with E-state index < -0.39 is 11.6 Å². The summed E-state index contributed by atoms with van der Waals surface area (Å²) in [7, 11) is 1.75. The number of aromatic nitrogens is 6. The van der Waals surface area contributed by atoms with Crippen LogP contribution in [-0.4, -0.2) is 59.7 Å². The highest BCUT2D eigenvalue weighted by Gasteiger charge is 2.42. The summed E-state index contributed by atoms with van der Waals surface area (Å²) in [4.78, 5) is 31.9. The maximum Gasteiger partial charge on any atom is 0.257 e. The fourth-order valence-electron chi connectivity index (χ4n) is 4.63. The molecule has 0 aliphatic carbocycles. The molecule has 1 atom stereocenters. The number of carbonyl (C=O) groups excluding carboxylic acids is 1. The second-order valence-electron chi connectivity index (χ2n) is 10.1. The highest BCUT2D eigenvalue weighted by molar-refractivity contribution is 5.99. The monoisotopic (exact) mass is 549 g/mol. The van der Waals surface area contributed by atoms with Gasteiger partial charge < -0.3 is 25.1 Å². The molecule has 0 unspecified atom stereocenters. The van der Waals surface area contributed by atoms with Gasteiger partial charge in [0, 0.05) is 37.9 Å². The molecule has 1 amide bonds. The van der Waals surface area contributed by atoms with Gasteiger partial charge in [0.15, 0.2) is 0 Å². The molecular weight excluding hydrogens is 522 g/mol. The molecule has 0 fully saturated rings. The zero-order valence-electron chi connectivity index (χ0n) is 22.6. The fraction of sp³-hybridized carbons (Fsp3) is 0.207. The van der Waals surface area contributed by atoms with Crippen LogP contribution in [0.5, 0.6) is 0 Å². The van der Waals surface area contributed by atoms with E-state index in [1.54, 1.807) is 42.7 Å². The molecule has 0 spiro atoms. The summed E-state index contributed by atoms with van der Waals surface area (Å²) in [6.07, 6.45) is 6.43. The molecule has 206 valence electrons. The number of nitrogens with one attached hydrogen (secondary N) is 2. The van der Waals surface area contributed by atoms with E-state index in [2.05, 4.69) is 40.8 Å². The number of benzene rings is 1. The molecule has 3 N–H and O–H groups in total. The minimum absolute atomic E-state index is 0.119. The van der Waals surface area contributed by atoms with Crippen LogP contribution in [0.15, 0.2) is 77.7 Å². The molecule has 12 nitrogen and oxygen atoms in total. The number of amides is 1. The van der Waals surface area contributed by atoms with Crippen molar-refractivity contribution in [3.8, 4) is 22.9 Å². The molecule has 0 saturated carbocycles. The van der Waals surface area contributed by atoms with Crippen molar-refractivity contribution < 1.29 is 14.3 Å². The Hall–Kier alpha value is -5.23. The van der Waals surface area contributed by atoms with Gasteiger partial charge in [-0.2, -0.15) is 0 Å². The van der Waals surface area contributed by atoms with Gasteiger partial charge in [0.1, 0.15) is 5.82 Å². The Balaban J connectivity index is 1.36. The molecule has 41 heavy (non-hydrogen) atoms. The maximum atomic E-state index is 12.6. The third-order valence-electron chi connectivity index (χ3n) is 7.16. The number of carbonyl (C=O) groups is 1. The van der Waals surface area contributed by atoms with Gasteiger partial charge in [0.05, 0.1) is 46.3 Å². The Bertz CT molecular complexity index is 1710. The number of nitrogens with zero attached hydrogens (tertiary/aromatic N) is 7. The largest absolute Gasteiger partial charge is 0.416 e. The van der Waals surface area contributed by atoms with Gasteiger partial charge in [-0.25, -0.2) is 15.0 Å². The molecule has 0 radical (unpaired) electrons. The van der Waals surface area contributed by atoms with Crippen molar-refractivity contribution in [1.82, 2.24) is 35.0 Å². The summed E-state index contributed by atoms with van der Waals surface area (Å²) < 4.78 is 5.98. The van der Waals surface area contributed by atoms with Crippen LogP contribution in [0.25, 0.3) is 22.9 Å². The lowest BCUT2D eigenvalue weighted by Gasteiger charge is -2.27. The van der Waals surface area contributed by atoms with Gasteiger partial charge in [0.2, 0.25) is 11.8 Å². The van der Waals surface area contributed by atoms with E-state index >= 15 is 0 Å². The molecule has 0 saturated heterocycles. The van der Waals surface area contributed by atoms with E-state index in [9.17, 15) is 9.90 Å². The Morgan fingerprint density at radius 3 is 2.54 bits per heavy atom. The van der Waals surface area contributed by atoms with Crippen LogP contribution in [0.1, 0.15) is 41.5 Å². The topological polar surface area (TPSA) is 155 Å². The minimum atomic E-state index is -0.580. The number of fused-ring (bicyclic) bond motifs is 1. The fourth-order valence-corrected chi connectivity index (χ4v) is 4.63. The minimum Gasteiger partial charge on any atom is -0.416 e. The molecule has 6 rings (SSSR count). The van der Waals surface area contributed by atoms with Crippen molar-refractivity contribution in [2.45, 2.75) is 25.4 Å². The smallest absolute Gasteiger partial charge is 0.257 e. The first-order chi connectivity index (χ1) is 19.8. The molecule has 0 bridgehead atoms. The summed E-state index contributed by atoms with van der Waals surface area (Å²) in [5.74, 6) is 1.17. The van der Waals surface area contributed by atoms with Gasteiger partial charge in [-0.15, -0.1) is 10.2 Å². The van der Waals surface area contributed by atoms with E-state index in [0.717, 1.165) is 5.56 Å². The number of hydrogen-bond acceptors (Lipinski definition) is 11. The maximum absolute atomic E-state index is 12.6. The summed E-state index contributed by atoms with van der Waals surface area (Å²) in [5.41, 5.74) is 3.24. The first-order valence-electron chi connectivity index (χ1n) is 12.9. The zero-order chi connectivity index (χ0) is 28.6. The lowest BCUT2D eigenvalue weighted by Crippen LogP contribution is -2.35. The predicted molar refractivity (Wildman–Crippen MR) is 151 cm³/mol. The summed E-state index contributed by atoms with van der Waals surface area (Å²) in [6.45, 7) is 3.71. The molecule has 1 aliphatic heterocycles. The van der Waals surface area contributed by atoms with Crippen LogP contribution in [-0.2, 0) is 5.54 Å². The molecule has 5 heterocycles. The molecule has 1 aliphatic rings. The highest BCUT2D eigenvalue weighted by Crippen LogP contribution is 2.37. The first kappa shape index (κ1) is 26.0. The number of hydrogen-bond donors (Lipinski definition) is 3. The number of aliphatic hydroxyl groups excluding tert-OH is 1. The number of anilines is 3. The van der Waals surface area contributed by atoms with Crippen molar-refractivity contribution in [3.05, 3.63) is 90.1 Å². The van der Waals surface area contributed by atoms with E-state index in [1.807, 2.05) is 50.2 Å². The lowest BCUT2D eigenvalue weighted by molar-refractivity contribution is 0.0688. The molecular formula is C29H27N9O3. The predicted octanol–water partition coefficient (Wildman–Crippen LogP) is 4.19. The SMILES string of the molecule is CN1C(=O)c2cnc(Nc3cc(N[C@H](CO)c4ccccc4)c(-c4nnc(-c5cccnc5)o4)cn3)nc2C1(C)C. The van der Waals surface area contributed by atoms with Gasteiger partial charge in [-0.3, -0.25) is 9.78 Å². The molecule has 1 aromatic carbocycles. The molecule has 5 aromatic rings. The quantitative estimate of drug-likeness (QED) is 0.255. The van der Waals surface area contributed by atoms with E-state index in [4.69, 9.17) is 4.42 Å². The Kier molecular flexibility index (Phi) is 6.59. The van der Waals surface area contributed by atoms with Crippen molar-refractivity contribution in [2.24, 2.45) is 0 Å². The third kappa shape index (κ3) is 4.85. The summed E-state index contributed by atoms with van der Waals surface area (Å²) in [5, 5.41) is 25.2. The van der Waals surface area contributed by atoms with E-state index in [0.29, 0.717) is 45.7 Å². The van der Waals surface area contributed by atoms with Crippen molar-refractivity contribution in [3.63, 3.8) is 0 Å². The Morgan fingerprint density at radius 2 is 1.78 bits per heavy atom. The van der Waals surface area contributed by atoms with Gasteiger partial charge >= 0.3 is 0 Å². The van der Waals surface area contributed by atoms with Crippen LogP contribution in [0.3, 0.4) is 0 Å².